The maximum Gasteiger partial charge on any atom is 0.255 e. The first-order valence-electron chi connectivity index (χ1n) is 6.74. The minimum absolute atomic E-state index is 0.0160. The summed E-state index contributed by atoms with van der Waals surface area (Å²) in [5.41, 5.74) is 0.108. The Labute approximate surface area is 113 Å². The van der Waals surface area contributed by atoms with Crippen molar-refractivity contribution in [1.29, 1.82) is 0 Å². The number of rotatable bonds is 3. The molecule has 0 atom stereocenters. The lowest BCUT2D eigenvalue weighted by Gasteiger charge is -2.34. The van der Waals surface area contributed by atoms with Crippen molar-refractivity contribution in [1.82, 2.24) is 5.32 Å². The van der Waals surface area contributed by atoms with Crippen LogP contribution in [0.25, 0.3) is 0 Å². The van der Waals surface area contributed by atoms with Crippen molar-refractivity contribution in [2.24, 2.45) is 0 Å². The summed E-state index contributed by atoms with van der Waals surface area (Å²) in [6.07, 6.45) is 5.49. The molecule has 0 radical (unpaired) electrons. The molecule has 1 saturated carbocycles. The second-order valence-electron chi connectivity index (χ2n) is 5.46. The Hall–Kier alpha value is -1.71. The Kier molecular flexibility index (Phi) is 3.98. The van der Waals surface area contributed by atoms with E-state index in [-0.39, 0.29) is 22.8 Å². The van der Waals surface area contributed by atoms with Gasteiger partial charge in [-0.2, -0.15) is 0 Å². The quantitative estimate of drug-likeness (QED) is 0.881. The number of carbonyl (C=O) groups is 1. The van der Waals surface area contributed by atoms with Gasteiger partial charge < -0.3 is 15.2 Å². The van der Waals surface area contributed by atoms with Crippen LogP contribution in [0.4, 0.5) is 0 Å². The zero-order chi connectivity index (χ0) is 13.9. The summed E-state index contributed by atoms with van der Waals surface area (Å²) in [4.78, 5) is 12.3. The highest BCUT2D eigenvalue weighted by atomic mass is 16.5. The van der Waals surface area contributed by atoms with Crippen LogP contribution in [0.15, 0.2) is 18.2 Å². The molecule has 4 heteroatoms. The first-order valence-corrected chi connectivity index (χ1v) is 6.74. The Bertz CT molecular complexity index is 464. The number of ether oxygens (including phenoxy) is 1. The summed E-state index contributed by atoms with van der Waals surface area (Å²) in [6.45, 7) is 2.07. The molecule has 2 rings (SSSR count). The normalized spacial score (nSPS) is 17.8. The number of nitrogens with one attached hydrogen (secondary N) is 1. The number of phenolic OH excluding ortho intramolecular Hbond substituents is 1. The zero-order valence-electron chi connectivity index (χ0n) is 11.5. The molecule has 2 N–H and O–H groups in total. The molecule has 1 fully saturated rings. The van der Waals surface area contributed by atoms with Crippen LogP contribution in [-0.4, -0.2) is 23.7 Å². The molecule has 1 aliphatic rings. The predicted octanol–water partition coefficient (Wildman–Crippen LogP) is 2.85. The van der Waals surface area contributed by atoms with Crippen LogP contribution in [0.2, 0.25) is 0 Å². The van der Waals surface area contributed by atoms with E-state index in [0.717, 1.165) is 25.7 Å². The maximum atomic E-state index is 12.3. The molecule has 0 heterocycles. The molecule has 0 bridgehead atoms. The fraction of sp³-hybridized carbons (Fsp3) is 0.533. The van der Waals surface area contributed by atoms with E-state index in [0.29, 0.717) is 5.75 Å². The second kappa shape index (κ2) is 5.51. The zero-order valence-corrected chi connectivity index (χ0v) is 11.5. The summed E-state index contributed by atoms with van der Waals surface area (Å²) in [5, 5.41) is 12.8. The number of hydrogen-bond donors (Lipinski definition) is 2. The van der Waals surface area contributed by atoms with E-state index >= 15 is 0 Å². The number of carbonyl (C=O) groups excluding carboxylic acids is 1. The Balaban J connectivity index is 2.15. The lowest BCUT2D eigenvalue weighted by Crippen LogP contribution is -2.47. The van der Waals surface area contributed by atoms with Crippen LogP contribution >= 0.6 is 0 Å². The summed E-state index contributed by atoms with van der Waals surface area (Å²) in [6, 6.07) is 4.68. The highest BCUT2D eigenvalue weighted by molar-refractivity contribution is 5.97. The molecule has 4 nitrogen and oxygen atoms in total. The minimum Gasteiger partial charge on any atom is -0.507 e. The largest absolute Gasteiger partial charge is 0.507 e. The van der Waals surface area contributed by atoms with Crippen molar-refractivity contribution in [3.8, 4) is 11.5 Å². The van der Waals surface area contributed by atoms with Gasteiger partial charge in [-0.25, -0.2) is 0 Å². The maximum absolute atomic E-state index is 12.3. The van der Waals surface area contributed by atoms with Gasteiger partial charge in [-0.1, -0.05) is 19.3 Å². The van der Waals surface area contributed by atoms with E-state index in [2.05, 4.69) is 12.2 Å². The Morgan fingerprint density at radius 3 is 2.63 bits per heavy atom. The van der Waals surface area contributed by atoms with Crippen molar-refractivity contribution in [3.05, 3.63) is 23.8 Å². The highest BCUT2D eigenvalue weighted by Gasteiger charge is 2.29. The molecule has 1 aromatic rings. The molecule has 1 amide bonds. The van der Waals surface area contributed by atoms with Gasteiger partial charge in [-0.05, 0) is 38.0 Å². The molecule has 0 aromatic heterocycles. The number of phenols is 1. The molecule has 0 saturated heterocycles. The molecule has 0 aliphatic heterocycles. The number of benzene rings is 1. The molecular formula is C15H21NO3. The molecule has 0 unspecified atom stereocenters. The third-order valence-electron chi connectivity index (χ3n) is 3.82. The fourth-order valence-electron chi connectivity index (χ4n) is 2.62. The van der Waals surface area contributed by atoms with Crippen LogP contribution in [0.1, 0.15) is 49.4 Å². The van der Waals surface area contributed by atoms with Gasteiger partial charge in [0.1, 0.15) is 11.5 Å². The van der Waals surface area contributed by atoms with Crippen molar-refractivity contribution in [2.75, 3.05) is 7.11 Å². The highest BCUT2D eigenvalue weighted by Crippen LogP contribution is 2.29. The summed E-state index contributed by atoms with van der Waals surface area (Å²) < 4.78 is 5.08. The van der Waals surface area contributed by atoms with Crippen LogP contribution in [0.3, 0.4) is 0 Å². The van der Waals surface area contributed by atoms with Gasteiger partial charge >= 0.3 is 0 Å². The van der Waals surface area contributed by atoms with E-state index in [4.69, 9.17) is 4.74 Å². The SMILES string of the molecule is COc1ccc(O)c(C(=O)NC2(C)CCCCC2)c1. The molecule has 1 aliphatic carbocycles. The monoisotopic (exact) mass is 263 g/mol. The molecule has 0 spiro atoms. The summed E-state index contributed by atoms with van der Waals surface area (Å²) in [5.74, 6) is 0.315. The molecular weight excluding hydrogens is 242 g/mol. The minimum atomic E-state index is -0.235. The van der Waals surface area contributed by atoms with Gasteiger partial charge in [0.25, 0.3) is 5.91 Å². The average Bonchev–Trinajstić information content (AvgIpc) is 2.39. The molecule has 19 heavy (non-hydrogen) atoms. The average molecular weight is 263 g/mol. The Morgan fingerprint density at radius 1 is 1.32 bits per heavy atom. The third-order valence-corrected chi connectivity index (χ3v) is 3.82. The smallest absolute Gasteiger partial charge is 0.255 e. The lowest BCUT2D eigenvalue weighted by molar-refractivity contribution is 0.0879. The van der Waals surface area contributed by atoms with E-state index < -0.39 is 0 Å². The van der Waals surface area contributed by atoms with Gasteiger partial charge in [-0.15, -0.1) is 0 Å². The van der Waals surface area contributed by atoms with Crippen LogP contribution < -0.4 is 10.1 Å². The fourth-order valence-corrected chi connectivity index (χ4v) is 2.62. The van der Waals surface area contributed by atoms with Crippen molar-refractivity contribution in [2.45, 2.75) is 44.6 Å². The van der Waals surface area contributed by atoms with E-state index in [1.165, 1.54) is 19.6 Å². The number of hydrogen-bond acceptors (Lipinski definition) is 3. The lowest BCUT2D eigenvalue weighted by atomic mass is 9.83. The van der Waals surface area contributed by atoms with Crippen molar-refractivity contribution in [3.63, 3.8) is 0 Å². The van der Waals surface area contributed by atoms with Crippen LogP contribution in [0, 0.1) is 0 Å². The van der Waals surface area contributed by atoms with Crippen molar-refractivity contribution >= 4 is 5.91 Å². The standard InChI is InChI=1S/C15H21NO3/c1-15(8-4-3-5-9-15)16-14(18)12-10-11(19-2)6-7-13(12)17/h6-7,10,17H,3-5,8-9H2,1-2H3,(H,16,18). The first kappa shape index (κ1) is 13.7. The van der Waals surface area contributed by atoms with E-state index in [1.807, 2.05) is 0 Å². The number of amides is 1. The second-order valence-corrected chi connectivity index (χ2v) is 5.46. The first-order chi connectivity index (χ1) is 9.04. The van der Waals surface area contributed by atoms with E-state index in [9.17, 15) is 9.90 Å². The van der Waals surface area contributed by atoms with Gasteiger partial charge in [0.15, 0.2) is 0 Å². The molecule has 1 aromatic carbocycles. The van der Waals surface area contributed by atoms with Crippen LogP contribution in [0.5, 0.6) is 11.5 Å². The summed E-state index contributed by atoms with van der Waals surface area (Å²) in [7, 11) is 1.54. The van der Waals surface area contributed by atoms with Gasteiger partial charge in [0, 0.05) is 5.54 Å². The van der Waals surface area contributed by atoms with Gasteiger partial charge in [0.2, 0.25) is 0 Å². The van der Waals surface area contributed by atoms with Gasteiger partial charge in [0.05, 0.1) is 12.7 Å². The number of methoxy groups -OCH3 is 1. The van der Waals surface area contributed by atoms with Crippen molar-refractivity contribution < 1.29 is 14.6 Å². The van der Waals surface area contributed by atoms with E-state index in [1.54, 1.807) is 12.1 Å². The third kappa shape index (κ3) is 3.19. The Morgan fingerprint density at radius 2 is 2.00 bits per heavy atom. The number of aromatic hydroxyl groups is 1. The topological polar surface area (TPSA) is 58.6 Å². The summed E-state index contributed by atoms with van der Waals surface area (Å²) >= 11 is 0. The van der Waals surface area contributed by atoms with Crippen LogP contribution in [-0.2, 0) is 0 Å². The molecule has 104 valence electrons. The predicted molar refractivity (Wildman–Crippen MR) is 73.6 cm³/mol. The van der Waals surface area contributed by atoms with Gasteiger partial charge in [-0.3, -0.25) is 4.79 Å².